The number of hydrogen-bond donors (Lipinski definition) is 1. The normalized spacial score (nSPS) is 13.2. The molecule has 0 aromatic carbocycles. The third-order valence-corrected chi connectivity index (χ3v) is 1.96. The standard InChI is InChI=1S/C9H9F3N2OS/c1-5(9(10,11)12)15-6-3-2-4-14-7(6)8(13)16/h2-5H,1H3,(H2,13,16). The number of alkyl halides is 3. The van der Waals surface area contributed by atoms with Crippen LogP contribution in [0.25, 0.3) is 0 Å². The highest BCUT2D eigenvalue weighted by Gasteiger charge is 2.38. The number of rotatable bonds is 3. The molecule has 0 saturated carbocycles. The molecule has 0 radical (unpaired) electrons. The molecular weight excluding hydrogens is 241 g/mol. The summed E-state index contributed by atoms with van der Waals surface area (Å²) >= 11 is 4.65. The first-order valence-electron chi connectivity index (χ1n) is 4.30. The Morgan fingerprint density at radius 3 is 2.69 bits per heavy atom. The molecule has 3 nitrogen and oxygen atoms in total. The minimum atomic E-state index is -4.44. The maximum atomic E-state index is 12.3. The first-order chi connectivity index (χ1) is 7.32. The molecule has 0 aliphatic rings. The molecule has 0 aliphatic carbocycles. The molecule has 0 saturated heterocycles. The van der Waals surface area contributed by atoms with Crippen LogP contribution in [-0.4, -0.2) is 22.3 Å². The van der Waals surface area contributed by atoms with E-state index in [2.05, 4.69) is 17.2 Å². The number of aromatic nitrogens is 1. The number of nitrogens with two attached hydrogens (primary N) is 1. The van der Waals surface area contributed by atoms with Gasteiger partial charge in [0, 0.05) is 6.20 Å². The molecule has 16 heavy (non-hydrogen) atoms. The fourth-order valence-corrected chi connectivity index (χ4v) is 1.08. The Bertz CT molecular complexity index is 395. The van der Waals surface area contributed by atoms with Gasteiger partial charge in [-0.2, -0.15) is 13.2 Å². The zero-order valence-electron chi connectivity index (χ0n) is 8.28. The van der Waals surface area contributed by atoms with Gasteiger partial charge in [-0.3, -0.25) is 0 Å². The van der Waals surface area contributed by atoms with Crippen LogP contribution in [0.4, 0.5) is 13.2 Å². The van der Waals surface area contributed by atoms with Gasteiger partial charge in [-0.1, -0.05) is 12.2 Å². The minimum absolute atomic E-state index is 0.0496. The molecule has 0 aliphatic heterocycles. The van der Waals surface area contributed by atoms with Gasteiger partial charge < -0.3 is 10.5 Å². The van der Waals surface area contributed by atoms with E-state index in [0.717, 1.165) is 6.92 Å². The molecule has 1 unspecified atom stereocenters. The van der Waals surface area contributed by atoms with Crippen LogP contribution >= 0.6 is 12.2 Å². The molecule has 0 spiro atoms. The van der Waals surface area contributed by atoms with Gasteiger partial charge >= 0.3 is 6.18 Å². The van der Waals surface area contributed by atoms with Crippen molar-refractivity contribution in [2.45, 2.75) is 19.2 Å². The Morgan fingerprint density at radius 2 is 2.19 bits per heavy atom. The van der Waals surface area contributed by atoms with Crippen LogP contribution in [0.2, 0.25) is 0 Å². The zero-order chi connectivity index (χ0) is 12.3. The van der Waals surface area contributed by atoms with Gasteiger partial charge in [0.05, 0.1) is 0 Å². The summed E-state index contributed by atoms with van der Waals surface area (Å²) in [5, 5.41) is 0. The highest BCUT2D eigenvalue weighted by Crippen LogP contribution is 2.26. The van der Waals surface area contributed by atoms with Crippen molar-refractivity contribution in [2.75, 3.05) is 0 Å². The third-order valence-electron chi connectivity index (χ3n) is 1.77. The van der Waals surface area contributed by atoms with Crippen molar-refractivity contribution in [1.29, 1.82) is 0 Å². The quantitative estimate of drug-likeness (QED) is 0.834. The predicted octanol–water partition coefficient (Wildman–Crippen LogP) is 2.05. The van der Waals surface area contributed by atoms with E-state index in [1.807, 2.05) is 0 Å². The van der Waals surface area contributed by atoms with Gasteiger partial charge in [0.1, 0.15) is 16.4 Å². The first-order valence-corrected chi connectivity index (χ1v) is 4.71. The summed E-state index contributed by atoms with van der Waals surface area (Å²) in [5.41, 5.74) is 5.36. The average Bonchev–Trinajstić information content (AvgIpc) is 2.16. The molecule has 1 rings (SSSR count). The smallest absolute Gasteiger partial charge is 0.425 e. The van der Waals surface area contributed by atoms with Crippen LogP contribution in [0.15, 0.2) is 18.3 Å². The van der Waals surface area contributed by atoms with Crippen molar-refractivity contribution >= 4 is 17.2 Å². The predicted molar refractivity (Wildman–Crippen MR) is 56.3 cm³/mol. The van der Waals surface area contributed by atoms with E-state index in [1.165, 1.54) is 18.3 Å². The fourth-order valence-electron chi connectivity index (χ4n) is 0.928. The Labute approximate surface area is 95.4 Å². The van der Waals surface area contributed by atoms with Crippen molar-refractivity contribution in [3.05, 3.63) is 24.0 Å². The van der Waals surface area contributed by atoms with Crippen molar-refractivity contribution in [3.63, 3.8) is 0 Å². The zero-order valence-corrected chi connectivity index (χ0v) is 9.10. The Kier molecular flexibility index (Phi) is 3.69. The number of pyridine rings is 1. The number of nitrogens with zero attached hydrogens (tertiary/aromatic N) is 1. The highest BCUT2D eigenvalue weighted by molar-refractivity contribution is 7.80. The summed E-state index contributed by atoms with van der Waals surface area (Å²) < 4.78 is 41.5. The van der Waals surface area contributed by atoms with E-state index in [9.17, 15) is 13.2 Å². The second kappa shape index (κ2) is 4.65. The highest BCUT2D eigenvalue weighted by atomic mass is 32.1. The summed E-state index contributed by atoms with van der Waals surface area (Å²) in [7, 11) is 0. The summed E-state index contributed by atoms with van der Waals surface area (Å²) in [4.78, 5) is 3.65. The van der Waals surface area contributed by atoms with Crippen LogP contribution < -0.4 is 10.5 Å². The van der Waals surface area contributed by atoms with Gasteiger partial charge in [0.2, 0.25) is 0 Å². The third kappa shape index (κ3) is 3.06. The monoisotopic (exact) mass is 250 g/mol. The number of thiocarbonyl (C=S) groups is 1. The summed E-state index contributed by atoms with van der Waals surface area (Å²) in [6, 6.07) is 2.78. The Balaban J connectivity index is 2.93. The van der Waals surface area contributed by atoms with Gasteiger partial charge in [-0.25, -0.2) is 4.98 Å². The molecule has 0 amide bonds. The number of ether oxygens (including phenoxy) is 1. The van der Waals surface area contributed by atoms with Gasteiger partial charge in [-0.15, -0.1) is 0 Å². The molecule has 0 fully saturated rings. The molecule has 1 atom stereocenters. The largest absolute Gasteiger partial charge is 0.479 e. The van der Waals surface area contributed by atoms with Gasteiger partial charge in [0.15, 0.2) is 6.10 Å². The molecule has 7 heteroatoms. The lowest BCUT2D eigenvalue weighted by Gasteiger charge is -2.18. The maximum Gasteiger partial charge on any atom is 0.425 e. The topological polar surface area (TPSA) is 48.1 Å². The van der Waals surface area contributed by atoms with E-state index in [4.69, 9.17) is 10.5 Å². The lowest BCUT2D eigenvalue weighted by Crippen LogP contribution is -2.32. The second-order valence-electron chi connectivity index (χ2n) is 3.02. The van der Waals surface area contributed by atoms with E-state index in [-0.39, 0.29) is 16.4 Å². The number of hydrogen-bond acceptors (Lipinski definition) is 3. The molecule has 1 heterocycles. The SMILES string of the molecule is CC(Oc1cccnc1C(N)=S)C(F)(F)F. The minimum Gasteiger partial charge on any atom is -0.479 e. The lowest BCUT2D eigenvalue weighted by molar-refractivity contribution is -0.189. The van der Waals surface area contributed by atoms with E-state index in [0.29, 0.717) is 0 Å². The van der Waals surface area contributed by atoms with Crippen LogP contribution in [0, 0.1) is 0 Å². The van der Waals surface area contributed by atoms with Crippen molar-refractivity contribution in [3.8, 4) is 5.75 Å². The molecule has 1 aromatic rings. The van der Waals surface area contributed by atoms with Crippen LogP contribution in [0.1, 0.15) is 12.6 Å². The van der Waals surface area contributed by atoms with E-state index in [1.54, 1.807) is 0 Å². The summed E-state index contributed by atoms with van der Waals surface area (Å²) in [6.07, 6.45) is -5.01. The van der Waals surface area contributed by atoms with Gasteiger partial charge in [-0.05, 0) is 19.1 Å². The van der Waals surface area contributed by atoms with Crippen LogP contribution in [-0.2, 0) is 0 Å². The molecule has 2 N–H and O–H groups in total. The Hall–Kier alpha value is -1.37. The first kappa shape index (κ1) is 12.7. The fraction of sp³-hybridized carbons (Fsp3) is 0.333. The maximum absolute atomic E-state index is 12.3. The van der Waals surface area contributed by atoms with Crippen molar-refractivity contribution in [1.82, 2.24) is 4.98 Å². The van der Waals surface area contributed by atoms with Crippen LogP contribution in [0.3, 0.4) is 0 Å². The summed E-state index contributed by atoms with van der Waals surface area (Å²) in [6.45, 7) is 0.899. The lowest BCUT2D eigenvalue weighted by atomic mass is 10.3. The van der Waals surface area contributed by atoms with Gasteiger partial charge in [0.25, 0.3) is 0 Å². The Morgan fingerprint density at radius 1 is 1.56 bits per heavy atom. The van der Waals surface area contributed by atoms with E-state index >= 15 is 0 Å². The van der Waals surface area contributed by atoms with Crippen molar-refractivity contribution < 1.29 is 17.9 Å². The van der Waals surface area contributed by atoms with E-state index < -0.39 is 12.3 Å². The average molecular weight is 250 g/mol. The van der Waals surface area contributed by atoms with Crippen molar-refractivity contribution in [2.24, 2.45) is 5.73 Å². The molecule has 88 valence electrons. The molecule has 0 bridgehead atoms. The summed E-state index contributed by atoms with van der Waals surface area (Å²) in [5.74, 6) is -0.0696. The second-order valence-corrected chi connectivity index (χ2v) is 3.46. The van der Waals surface area contributed by atoms with Crippen LogP contribution in [0.5, 0.6) is 5.75 Å². The number of halogens is 3. The molecule has 1 aromatic heterocycles. The molecular formula is C9H9F3N2OS.